The van der Waals surface area contributed by atoms with Crippen LogP contribution in [-0.4, -0.2) is 58.7 Å². The Balaban J connectivity index is 1.90. The summed E-state index contributed by atoms with van der Waals surface area (Å²) in [5, 5.41) is 12.5. The fourth-order valence-corrected chi connectivity index (χ4v) is 5.68. The lowest BCUT2D eigenvalue weighted by Gasteiger charge is -2.15. The highest BCUT2D eigenvalue weighted by Crippen LogP contribution is 2.16. The van der Waals surface area contributed by atoms with Gasteiger partial charge >= 0.3 is 0 Å². The SMILES string of the molecule is Cc1ccc(C)c(S(=O)(=O)NCCN[C@@H]2CS(=O)(=O)C[C@H]2O)c1. The van der Waals surface area contributed by atoms with Crippen LogP contribution in [0.15, 0.2) is 23.1 Å². The summed E-state index contributed by atoms with van der Waals surface area (Å²) in [6.07, 6.45) is -0.948. The van der Waals surface area contributed by atoms with Gasteiger partial charge in [0.15, 0.2) is 9.84 Å². The minimum Gasteiger partial charge on any atom is -0.390 e. The van der Waals surface area contributed by atoms with Gasteiger partial charge in [0.2, 0.25) is 10.0 Å². The van der Waals surface area contributed by atoms with Crippen LogP contribution in [0, 0.1) is 13.8 Å². The van der Waals surface area contributed by atoms with Crippen molar-refractivity contribution >= 4 is 19.9 Å². The average Bonchev–Trinajstić information content (AvgIpc) is 2.70. The summed E-state index contributed by atoms with van der Waals surface area (Å²) in [5.41, 5.74) is 1.52. The Hall–Kier alpha value is -1.00. The topological polar surface area (TPSA) is 113 Å². The van der Waals surface area contributed by atoms with Crippen molar-refractivity contribution < 1.29 is 21.9 Å². The van der Waals surface area contributed by atoms with Gasteiger partial charge in [-0.3, -0.25) is 0 Å². The second-order valence-electron chi connectivity index (χ2n) is 5.87. The van der Waals surface area contributed by atoms with Gasteiger partial charge in [-0.15, -0.1) is 0 Å². The summed E-state index contributed by atoms with van der Waals surface area (Å²) in [6, 6.07) is 4.66. The molecule has 7 nitrogen and oxygen atoms in total. The van der Waals surface area contributed by atoms with E-state index in [1.807, 2.05) is 13.0 Å². The van der Waals surface area contributed by atoms with E-state index in [1.165, 1.54) is 0 Å². The number of benzene rings is 1. The van der Waals surface area contributed by atoms with Crippen LogP contribution in [0.4, 0.5) is 0 Å². The number of aryl methyl sites for hydroxylation is 2. The minimum absolute atomic E-state index is 0.110. The Morgan fingerprint density at radius 3 is 2.52 bits per heavy atom. The maximum Gasteiger partial charge on any atom is 0.240 e. The molecular formula is C14H22N2O5S2. The van der Waals surface area contributed by atoms with Crippen molar-refractivity contribution in [2.45, 2.75) is 30.9 Å². The molecule has 1 aliphatic rings. The van der Waals surface area contributed by atoms with Crippen LogP contribution in [0.3, 0.4) is 0 Å². The lowest BCUT2D eigenvalue weighted by atomic mass is 10.2. The monoisotopic (exact) mass is 362 g/mol. The molecule has 0 aromatic heterocycles. The number of aliphatic hydroxyl groups is 1. The first-order valence-corrected chi connectivity index (χ1v) is 10.6. The van der Waals surface area contributed by atoms with Gasteiger partial charge < -0.3 is 10.4 Å². The second kappa shape index (κ2) is 6.86. The fourth-order valence-electron chi connectivity index (χ4n) is 2.54. The molecule has 9 heteroatoms. The molecule has 130 valence electrons. The molecule has 0 unspecified atom stereocenters. The van der Waals surface area contributed by atoms with Gasteiger partial charge in [-0.2, -0.15) is 0 Å². The zero-order valence-corrected chi connectivity index (χ0v) is 14.7. The van der Waals surface area contributed by atoms with Gasteiger partial charge in [-0.05, 0) is 31.0 Å². The first-order valence-electron chi connectivity index (χ1n) is 7.29. The van der Waals surface area contributed by atoms with E-state index < -0.39 is 32.0 Å². The third-order valence-corrected chi connectivity index (χ3v) is 7.10. The third-order valence-electron chi connectivity index (χ3n) is 3.78. The number of rotatable bonds is 6. The summed E-state index contributed by atoms with van der Waals surface area (Å²) in [4.78, 5) is 0.237. The molecule has 1 fully saturated rings. The lowest BCUT2D eigenvalue weighted by Crippen LogP contribution is -2.42. The average molecular weight is 362 g/mol. The first kappa shape index (κ1) is 18.3. The molecule has 1 aromatic rings. The van der Waals surface area contributed by atoms with E-state index in [2.05, 4.69) is 10.0 Å². The first-order chi connectivity index (χ1) is 10.6. The lowest BCUT2D eigenvalue weighted by molar-refractivity contribution is 0.166. The molecule has 0 aliphatic carbocycles. The van der Waals surface area contributed by atoms with Crippen molar-refractivity contribution in [2.75, 3.05) is 24.6 Å². The molecule has 23 heavy (non-hydrogen) atoms. The number of sulfonamides is 1. The van der Waals surface area contributed by atoms with Crippen LogP contribution in [0.1, 0.15) is 11.1 Å². The Morgan fingerprint density at radius 1 is 1.22 bits per heavy atom. The Kier molecular flexibility index (Phi) is 5.47. The predicted octanol–water partition coefficient (Wildman–Crippen LogP) is -0.671. The largest absolute Gasteiger partial charge is 0.390 e. The van der Waals surface area contributed by atoms with Crippen molar-refractivity contribution in [1.29, 1.82) is 0 Å². The van der Waals surface area contributed by atoms with Crippen LogP contribution >= 0.6 is 0 Å². The summed E-state index contributed by atoms with van der Waals surface area (Å²) < 4.78 is 49.8. The number of nitrogens with one attached hydrogen (secondary N) is 2. The number of hydrogen-bond donors (Lipinski definition) is 3. The van der Waals surface area contributed by atoms with Crippen LogP contribution < -0.4 is 10.0 Å². The molecule has 3 N–H and O–H groups in total. The molecule has 1 aliphatic heterocycles. The smallest absolute Gasteiger partial charge is 0.240 e. The molecule has 2 rings (SSSR count). The van der Waals surface area contributed by atoms with Crippen LogP contribution in [0.5, 0.6) is 0 Å². The zero-order chi connectivity index (χ0) is 17.3. The summed E-state index contributed by atoms with van der Waals surface area (Å²) in [5.74, 6) is -0.378. The normalized spacial score (nSPS) is 24.0. The molecule has 1 saturated heterocycles. The van der Waals surface area contributed by atoms with Crippen molar-refractivity contribution in [1.82, 2.24) is 10.0 Å². The highest BCUT2D eigenvalue weighted by atomic mass is 32.2. The third kappa shape index (κ3) is 4.74. The molecule has 0 radical (unpaired) electrons. The standard InChI is InChI=1S/C14H22N2O5S2/c1-10-3-4-11(2)14(7-10)23(20,21)16-6-5-15-12-8-22(18,19)9-13(12)17/h3-4,7,12-13,15-17H,5-6,8-9H2,1-2H3/t12-,13-/m1/s1. The van der Waals surface area contributed by atoms with Crippen molar-refractivity contribution in [2.24, 2.45) is 0 Å². The number of hydrogen-bond acceptors (Lipinski definition) is 6. The van der Waals surface area contributed by atoms with Crippen molar-refractivity contribution in [3.63, 3.8) is 0 Å². The van der Waals surface area contributed by atoms with Crippen LogP contribution in [-0.2, 0) is 19.9 Å². The van der Waals surface area contributed by atoms with Gasteiger partial charge in [0.25, 0.3) is 0 Å². The molecule has 1 aromatic carbocycles. The molecule has 1 heterocycles. The summed E-state index contributed by atoms with van der Waals surface area (Å²) in [6.45, 7) is 3.90. The quantitative estimate of drug-likeness (QED) is 0.579. The Labute approximate surface area is 137 Å². The summed E-state index contributed by atoms with van der Waals surface area (Å²) >= 11 is 0. The van der Waals surface area contributed by atoms with E-state index in [1.54, 1.807) is 19.1 Å². The summed E-state index contributed by atoms with van der Waals surface area (Å²) in [7, 11) is -6.83. The molecule has 0 saturated carbocycles. The van der Waals surface area contributed by atoms with E-state index in [-0.39, 0.29) is 29.5 Å². The van der Waals surface area contributed by atoms with Gasteiger partial charge in [0.1, 0.15) is 0 Å². The van der Waals surface area contributed by atoms with Gasteiger partial charge in [0.05, 0.1) is 22.5 Å². The second-order valence-corrected chi connectivity index (χ2v) is 9.76. The maximum atomic E-state index is 12.3. The van der Waals surface area contributed by atoms with Gasteiger partial charge in [-0.25, -0.2) is 21.6 Å². The van der Waals surface area contributed by atoms with Crippen molar-refractivity contribution in [3.8, 4) is 0 Å². The molecule has 0 amide bonds. The number of sulfone groups is 1. The van der Waals surface area contributed by atoms with Gasteiger partial charge in [0, 0.05) is 19.1 Å². The predicted molar refractivity (Wildman–Crippen MR) is 87.6 cm³/mol. The highest BCUT2D eigenvalue weighted by Gasteiger charge is 2.35. The molecule has 0 spiro atoms. The number of aliphatic hydroxyl groups excluding tert-OH is 1. The minimum atomic E-state index is -3.62. The van der Waals surface area contributed by atoms with E-state index in [0.29, 0.717) is 5.56 Å². The van der Waals surface area contributed by atoms with E-state index in [9.17, 15) is 21.9 Å². The van der Waals surface area contributed by atoms with Crippen LogP contribution in [0.2, 0.25) is 0 Å². The Bertz CT molecular complexity index is 774. The highest BCUT2D eigenvalue weighted by molar-refractivity contribution is 7.91. The zero-order valence-electron chi connectivity index (χ0n) is 13.1. The molecule has 0 bridgehead atoms. The van der Waals surface area contributed by atoms with E-state index >= 15 is 0 Å². The molecular weight excluding hydrogens is 340 g/mol. The van der Waals surface area contributed by atoms with Crippen molar-refractivity contribution in [3.05, 3.63) is 29.3 Å². The van der Waals surface area contributed by atoms with E-state index in [4.69, 9.17) is 0 Å². The maximum absolute atomic E-state index is 12.3. The fraction of sp³-hybridized carbons (Fsp3) is 0.571. The molecule has 2 atom stereocenters. The van der Waals surface area contributed by atoms with Crippen LogP contribution in [0.25, 0.3) is 0 Å². The van der Waals surface area contributed by atoms with E-state index in [0.717, 1.165) is 5.56 Å². The Morgan fingerprint density at radius 2 is 1.91 bits per heavy atom. The van der Waals surface area contributed by atoms with Gasteiger partial charge in [-0.1, -0.05) is 12.1 Å².